The number of rotatable bonds is 7. The number of halogens is 1. The van der Waals surface area contributed by atoms with Gasteiger partial charge in [0.15, 0.2) is 5.96 Å². The number of guanidine groups is 1. The molecule has 132 valence electrons. The number of thioether (sulfide) groups is 1. The fourth-order valence-electron chi connectivity index (χ4n) is 2.32. The van der Waals surface area contributed by atoms with E-state index in [2.05, 4.69) is 45.3 Å². The average Bonchev–Trinajstić information content (AvgIpc) is 2.46. The lowest BCUT2D eigenvalue weighted by atomic mass is 9.99. The highest BCUT2D eigenvalue weighted by Crippen LogP contribution is 2.35. The van der Waals surface area contributed by atoms with Gasteiger partial charge in [0, 0.05) is 30.5 Å². The number of nitrogens with one attached hydrogen (secondary N) is 2. The van der Waals surface area contributed by atoms with Crippen molar-refractivity contribution in [3.63, 3.8) is 0 Å². The molecule has 1 atom stereocenters. The second-order valence-corrected chi connectivity index (χ2v) is 7.83. The molecule has 1 fully saturated rings. The van der Waals surface area contributed by atoms with Gasteiger partial charge >= 0.3 is 0 Å². The maximum absolute atomic E-state index is 5.53. The van der Waals surface area contributed by atoms with Crippen LogP contribution in [-0.4, -0.2) is 48.8 Å². The summed E-state index contributed by atoms with van der Waals surface area (Å²) >= 11 is 2.04. The van der Waals surface area contributed by atoms with E-state index in [1.54, 1.807) is 0 Å². The van der Waals surface area contributed by atoms with Crippen LogP contribution < -0.4 is 10.6 Å². The monoisotopic (exact) mass is 443 g/mol. The molecule has 1 rings (SSSR count). The van der Waals surface area contributed by atoms with Crippen LogP contribution >= 0.6 is 35.7 Å². The van der Waals surface area contributed by atoms with Crippen LogP contribution in [-0.2, 0) is 4.74 Å². The summed E-state index contributed by atoms with van der Waals surface area (Å²) in [5.41, 5.74) is 0. The van der Waals surface area contributed by atoms with Crippen molar-refractivity contribution in [2.45, 2.75) is 58.2 Å². The molecule has 4 nitrogen and oxygen atoms in total. The summed E-state index contributed by atoms with van der Waals surface area (Å²) in [6, 6.07) is 0.423. The molecule has 1 heterocycles. The molecule has 0 aromatic rings. The Bertz CT molecular complexity index is 315. The Morgan fingerprint density at radius 1 is 1.23 bits per heavy atom. The second-order valence-electron chi connectivity index (χ2n) is 6.10. The molecule has 0 aromatic carbocycles. The van der Waals surface area contributed by atoms with Crippen molar-refractivity contribution in [1.82, 2.24) is 10.6 Å². The molecule has 0 saturated carbocycles. The van der Waals surface area contributed by atoms with E-state index >= 15 is 0 Å². The number of nitrogens with zero attached hydrogens (tertiary/aromatic N) is 1. The first kappa shape index (κ1) is 22.3. The summed E-state index contributed by atoms with van der Waals surface area (Å²) in [4.78, 5) is 4.87. The molecule has 1 aliphatic heterocycles. The first-order valence-electron chi connectivity index (χ1n) is 8.29. The van der Waals surface area contributed by atoms with Gasteiger partial charge in [-0.3, -0.25) is 4.99 Å². The van der Waals surface area contributed by atoms with E-state index in [-0.39, 0.29) is 28.7 Å². The van der Waals surface area contributed by atoms with Gasteiger partial charge in [-0.15, -0.1) is 24.0 Å². The smallest absolute Gasteiger partial charge is 0.191 e. The normalized spacial score (nSPS) is 19.5. The summed E-state index contributed by atoms with van der Waals surface area (Å²) in [6.45, 7) is 14.5. The minimum atomic E-state index is 0. The maximum Gasteiger partial charge on any atom is 0.191 e. The zero-order valence-electron chi connectivity index (χ0n) is 14.8. The number of hydrogen-bond donors (Lipinski definition) is 2. The first-order chi connectivity index (χ1) is 10.0. The van der Waals surface area contributed by atoms with E-state index in [0.717, 1.165) is 50.9 Å². The lowest BCUT2D eigenvalue weighted by Gasteiger charge is -2.35. The van der Waals surface area contributed by atoms with Gasteiger partial charge < -0.3 is 15.4 Å². The molecule has 0 aromatic heterocycles. The predicted octanol–water partition coefficient (Wildman–Crippen LogP) is 3.51. The largest absolute Gasteiger partial charge is 0.381 e. The zero-order valence-corrected chi connectivity index (χ0v) is 17.9. The Morgan fingerprint density at radius 2 is 1.86 bits per heavy atom. The third-order valence-corrected chi connectivity index (χ3v) is 5.53. The molecule has 0 bridgehead atoms. The molecule has 1 saturated heterocycles. The predicted molar refractivity (Wildman–Crippen MR) is 110 cm³/mol. The summed E-state index contributed by atoms with van der Waals surface area (Å²) in [5.74, 6) is 2.68. The Balaban J connectivity index is 0.00000441. The van der Waals surface area contributed by atoms with Crippen LogP contribution in [0.25, 0.3) is 0 Å². The van der Waals surface area contributed by atoms with Crippen LogP contribution in [0.4, 0.5) is 0 Å². The summed E-state index contributed by atoms with van der Waals surface area (Å²) in [6.07, 6.45) is 2.21. The van der Waals surface area contributed by atoms with Crippen molar-refractivity contribution in [2.24, 2.45) is 10.9 Å². The molecule has 0 radical (unpaired) electrons. The minimum Gasteiger partial charge on any atom is -0.381 e. The van der Waals surface area contributed by atoms with Crippen LogP contribution in [0.15, 0.2) is 4.99 Å². The summed E-state index contributed by atoms with van der Waals surface area (Å²) in [7, 11) is 0. The van der Waals surface area contributed by atoms with Crippen LogP contribution in [0.5, 0.6) is 0 Å². The van der Waals surface area contributed by atoms with Crippen LogP contribution in [0, 0.1) is 5.92 Å². The van der Waals surface area contributed by atoms with Gasteiger partial charge in [-0.05, 0) is 38.4 Å². The van der Waals surface area contributed by atoms with Crippen LogP contribution in [0.2, 0.25) is 0 Å². The molecule has 1 aliphatic rings. The standard InChI is InChI=1S/C16H33N3OS.HI/c1-6-17-15(19-14(5)13(3)4)18-12-16(21-7-2)8-10-20-11-9-16;/h13-14H,6-12H2,1-5H3,(H2,17,18,19);1H. The van der Waals surface area contributed by atoms with Crippen molar-refractivity contribution in [3.05, 3.63) is 0 Å². The van der Waals surface area contributed by atoms with Crippen molar-refractivity contribution in [2.75, 3.05) is 32.1 Å². The van der Waals surface area contributed by atoms with Gasteiger partial charge in [-0.2, -0.15) is 11.8 Å². The highest BCUT2D eigenvalue weighted by Gasteiger charge is 2.32. The Labute approximate surface area is 158 Å². The van der Waals surface area contributed by atoms with E-state index in [0.29, 0.717) is 12.0 Å². The molecular formula is C16H34IN3OS. The third kappa shape index (κ3) is 7.73. The average molecular weight is 443 g/mol. The van der Waals surface area contributed by atoms with E-state index in [4.69, 9.17) is 9.73 Å². The van der Waals surface area contributed by atoms with Gasteiger partial charge in [0.1, 0.15) is 0 Å². The molecule has 0 spiro atoms. The third-order valence-electron chi connectivity index (χ3n) is 4.09. The van der Waals surface area contributed by atoms with Gasteiger partial charge in [0.25, 0.3) is 0 Å². The SMILES string of the molecule is CCNC(=NCC1(SCC)CCOCC1)NC(C)C(C)C.I. The summed E-state index contributed by atoms with van der Waals surface area (Å²) in [5, 5.41) is 6.88. The van der Waals surface area contributed by atoms with Crippen molar-refractivity contribution in [1.29, 1.82) is 0 Å². The van der Waals surface area contributed by atoms with Crippen molar-refractivity contribution >= 4 is 41.7 Å². The van der Waals surface area contributed by atoms with Gasteiger partial charge in [0.2, 0.25) is 0 Å². The molecular weight excluding hydrogens is 409 g/mol. The molecule has 0 amide bonds. The lowest BCUT2D eigenvalue weighted by molar-refractivity contribution is 0.0793. The van der Waals surface area contributed by atoms with Crippen molar-refractivity contribution in [3.8, 4) is 0 Å². The molecule has 1 unspecified atom stereocenters. The Hall–Kier alpha value is 0.310. The first-order valence-corrected chi connectivity index (χ1v) is 9.28. The van der Waals surface area contributed by atoms with Crippen LogP contribution in [0.1, 0.15) is 47.5 Å². The molecule has 6 heteroatoms. The fourth-order valence-corrected chi connectivity index (χ4v) is 3.55. The number of hydrogen-bond acceptors (Lipinski definition) is 3. The fraction of sp³-hybridized carbons (Fsp3) is 0.938. The lowest BCUT2D eigenvalue weighted by Crippen LogP contribution is -2.45. The zero-order chi connectivity index (χ0) is 15.7. The van der Waals surface area contributed by atoms with E-state index in [9.17, 15) is 0 Å². The number of ether oxygens (including phenoxy) is 1. The summed E-state index contributed by atoms with van der Waals surface area (Å²) < 4.78 is 5.79. The van der Waals surface area contributed by atoms with Gasteiger partial charge in [-0.1, -0.05) is 20.8 Å². The quantitative estimate of drug-likeness (QED) is 0.359. The topological polar surface area (TPSA) is 45.7 Å². The van der Waals surface area contributed by atoms with E-state index < -0.39 is 0 Å². The Morgan fingerprint density at radius 3 is 2.36 bits per heavy atom. The molecule has 22 heavy (non-hydrogen) atoms. The highest BCUT2D eigenvalue weighted by molar-refractivity contribution is 14.0. The minimum absolute atomic E-state index is 0. The Kier molecular flexibility index (Phi) is 12.0. The maximum atomic E-state index is 5.53. The van der Waals surface area contributed by atoms with Crippen LogP contribution in [0.3, 0.4) is 0 Å². The number of aliphatic imine (C=N–C) groups is 1. The highest BCUT2D eigenvalue weighted by atomic mass is 127. The molecule has 0 aliphatic carbocycles. The van der Waals surface area contributed by atoms with Gasteiger partial charge in [-0.25, -0.2) is 0 Å². The molecule has 2 N–H and O–H groups in total. The van der Waals surface area contributed by atoms with E-state index in [1.807, 2.05) is 11.8 Å². The van der Waals surface area contributed by atoms with E-state index in [1.165, 1.54) is 0 Å². The van der Waals surface area contributed by atoms with Gasteiger partial charge in [0.05, 0.1) is 6.54 Å². The second kappa shape index (κ2) is 11.8. The van der Waals surface area contributed by atoms with Crippen molar-refractivity contribution < 1.29 is 4.74 Å².